The number of ether oxygens (including phenoxy) is 1. The SMILES string of the molecule is CCCc1nc2cc(N)ccc2n1C(C)C(=O)OC. The van der Waals surface area contributed by atoms with Crippen molar-refractivity contribution in [1.82, 2.24) is 9.55 Å². The van der Waals surface area contributed by atoms with Crippen LogP contribution in [0.2, 0.25) is 0 Å². The Morgan fingerprint density at radius 3 is 2.89 bits per heavy atom. The van der Waals surface area contributed by atoms with Crippen molar-refractivity contribution >= 4 is 22.7 Å². The van der Waals surface area contributed by atoms with Crippen molar-refractivity contribution in [3.05, 3.63) is 24.0 Å². The molecule has 0 bridgehead atoms. The highest BCUT2D eigenvalue weighted by Crippen LogP contribution is 2.24. The predicted octanol–water partition coefficient (Wildman–Crippen LogP) is 2.31. The van der Waals surface area contributed by atoms with Gasteiger partial charge in [-0.3, -0.25) is 0 Å². The second-order valence-corrected chi connectivity index (χ2v) is 4.60. The number of rotatable bonds is 4. The molecule has 0 aliphatic carbocycles. The molecule has 0 aliphatic heterocycles. The number of benzene rings is 1. The molecule has 0 saturated carbocycles. The van der Waals surface area contributed by atoms with Crippen LogP contribution in [0.4, 0.5) is 5.69 Å². The Morgan fingerprint density at radius 1 is 1.53 bits per heavy atom. The molecule has 0 radical (unpaired) electrons. The van der Waals surface area contributed by atoms with E-state index >= 15 is 0 Å². The maximum Gasteiger partial charge on any atom is 0.328 e. The summed E-state index contributed by atoms with van der Waals surface area (Å²) < 4.78 is 6.76. The average molecular weight is 261 g/mol. The van der Waals surface area contributed by atoms with Crippen LogP contribution in [-0.2, 0) is 16.0 Å². The van der Waals surface area contributed by atoms with E-state index in [1.165, 1.54) is 7.11 Å². The summed E-state index contributed by atoms with van der Waals surface area (Å²) in [6, 6.07) is 5.16. The highest BCUT2D eigenvalue weighted by Gasteiger charge is 2.21. The van der Waals surface area contributed by atoms with Gasteiger partial charge in [0, 0.05) is 12.1 Å². The van der Waals surface area contributed by atoms with E-state index in [0.29, 0.717) is 5.69 Å². The normalized spacial score (nSPS) is 12.6. The topological polar surface area (TPSA) is 70.1 Å². The van der Waals surface area contributed by atoms with E-state index in [2.05, 4.69) is 11.9 Å². The average Bonchev–Trinajstić information content (AvgIpc) is 2.74. The second kappa shape index (κ2) is 5.30. The van der Waals surface area contributed by atoms with Gasteiger partial charge in [-0.05, 0) is 31.5 Å². The summed E-state index contributed by atoms with van der Waals surface area (Å²) in [6.07, 6.45) is 1.78. The van der Waals surface area contributed by atoms with E-state index in [4.69, 9.17) is 10.5 Å². The number of fused-ring (bicyclic) bond motifs is 1. The van der Waals surface area contributed by atoms with Gasteiger partial charge in [-0.25, -0.2) is 9.78 Å². The Hall–Kier alpha value is -2.04. The molecule has 19 heavy (non-hydrogen) atoms. The second-order valence-electron chi connectivity index (χ2n) is 4.60. The molecule has 2 N–H and O–H groups in total. The number of esters is 1. The van der Waals surface area contributed by atoms with Crippen molar-refractivity contribution in [3.8, 4) is 0 Å². The highest BCUT2D eigenvalue weighted by molar-refractivity contribution is 5.83. The molecule has 2 rings (SSSR count). The molecule has 0 spiro atoms. The number of hydrogen-bond donors (Lipinski definition) is 1. The van der Waals surface area contributed by atoms with Crippen LogP contribution in [0.15, 0.2) is 18.2 Å². The van der Waals surface area contributed by atoms with E-state index in [-0.39, 0.29) is 12.0 Å². The summed E-state index contributed by atoms with van der Waals surface area (Å²) in [4.78, 5) is 16.4. The highest BCUT2D eigenvalue weighted by atomic mass is 16.5. The van der Waals surface area contributed by atoms with Crippen LogP contribution < -0.4 is 5.73 Å². The lowest BCUT2D eigenvalue weighted by Gasteiger charge is -2.15. The van der Waals surface area contributed by atoms with Gasteiger partial charge < -0.3 is 15.0 Å². The number of methoxy groups -OCH3 is 1. The summed E-state index contributed by atoms with van der Waals surface area (Å²) in [5, 5.41) is 0. The van der Waals surface area contributed by atoms with Gasteiger partial charge in [0.2, 0.25) is 0 Å². The Labute approximate surface area is 112 Å². The summed E-state index contributed by atoms with van der Waals surface area (Å²) in [6.45, 7) is 3.91. The monoisotopic (exact) mass is 261 g/mol. The number of anilines is 1. The van der Waals surface area contributed by atoms with E-state index in [1.54, 1.807) is 0 Å². The summed E-state index contributed by atoms with van der Waals surface area (Å²) in [7, 11) is 1.40. The first-order valence-electron chi connectivity index (χ1n) is 6.42. The van der Waals surface area contributed by atoms with Gasteiger partial charge in [0.25, 0.3) is 0 Å². The maximum absolute atomic E-state index is 11.8. The number of carbonyl (C=O) groups is 1. The molecule has 1 atom stereocenters. The van der Waals surface area contributed by atoms with Gasteiger partial charge in [-0.1, -0.05) is 6.92 Å². The van der Waals surface area contributed by atoms with E-state index in [0.717, 1.165) is 29.7 Å². The third kappa shape index (κ3) is 2.41. The zero-order valence-electron chi connectivity index (χ0n) is 11.5. The lowest BCUT2D eigenvalue weighted by Crippen LogP contribution is -2.19. The lowest BCUT2D eigenvalue weighted by atomic mass is 10.2. The molecule has 0 aliphatic rings. The number of nitrogen functional groups attached to an aromatic ring is 1. The fourth-order valence-electron chi connectivity index (χ4n) is 2.27. The van der Waals surface area contributed by atoms with Gasteiger partial charge in [0.15, 0.2) is 0 Å². The quantitative estimate of drug-likeness (QED) is 0.677. The molecular weight excluding hydrogens is 242 g/mol. The van der Waals surface area contributed by atoms with E-state index in [9.17, 15) is 4.79 Å². The molecule has 102 valence electrons. The standard InChI is InChI=1S/C14H19N3O2/c1-4-5-13-16-11-8-10(15)6-7-12(11)17(13)9(2)14(18)19-3/h6-9H,4-5,15H2,1-3H3. The Bertz CT molecular complexity index is 604. The first-order chi connectivity index (χ1) is 9.08. The minimum absolute atomic E-state index is 0.270. The third-order valence-corrected chi connectivity index (χ3v) is 3.19. The fourth-order valence-corrected chi connectivity index (χ4v) is 2.27. The molecule has 0 amide bonds. The summed E-state index contributed by atoms with van der Waals surface area (Å²) >= 11 is 0. The zero-order chi connectivity index (χ0) is 14.0. The van der Waals surface area contributed by atoms with Crippen molar-refractivity contribution in [1.29, 1.82) is 0 Å². The molecule has 2 aromatic rings. The first-order valence-corrected chi connectivity index (χ1v) is 6.42. The molecular formula is C14H19N3O2. The van der Waals surface area contributed by atoms with Crippen LogP contribution >= 0.6 is 0 Å². The van der Waals surface area contributed by atoms with Crippen molar-refractivity contribution in [3.63, 3.8) is 0 Å². The minimum Gasteiger partial charge on any atom is -0.467 e. The van der Waals surface area contributed by atoms with Crippen molar-refractivity contribution in [2.24, 2.45) is 0 Å². The van der Waals surface area contributed by atoms with Crippen molar-refractivity contribution in [2.45, 2.75) is 32.7 Å². The first kappa shape index (κ1) is 13.4. The van der Waals surface area contributed by atoms with Crippen molar-refractivity contribution in [2.75, 3.05) is 12.8 Å². The van der Waals surface area contributed by atoms with Gasteiger partial charge >= 0.3 is 5.97 Å². The zero-order valence-corrected chi connectivity index (χ0v) is 11.5. The summed E-state index contributed by atoms with van der Waals surface area (Å²) in [5.74, 6) is 0.620. The molecule has 5 nitrogen and oxygen atoms in total. The largest absolute Gasteiger partial charge is 0.467 e. The Kier molecular flexibility index (Phi) is 3.74. The fraction of sp³-hybridized carbons (Fsp3) is 0.429. The maximum atomic E-state index is 11.8. The smallest absolute Gasteiger partial charge is 0.328 e. The number of nitrogens with zero attached hydrogens (tertiary/aromatic N) is 2. The van der Waals surface area contributed by atoms with Gasteiger partial charge in [-0.2, -0.15) is 0 Å². The number of aryl methyl sites for hydroxylation is 1. The molecule has 1 aromatic carbocycles. The number of imidazole rings is 1. The molecule has 1 unspecified atom stereocenters. The van der Waals surface area contributed by atoms with Crippen LogP contribution in [0.25, 0.3) is 11.0 Å². The van der Waals surface area contributed by atoms with Crippen LogP contribution in [0, 0.1) is 0 Å². The van der Waals surface area contributed by atoms with E-state index < -0.39 is 0 Å². The molecule has 5 heteroatoms. The van der Waals surface area contributed by atoms with Crippen molar-refractivity contribution < 1.29 is 9.53 Å². The lowest BCUT2D eigenvalue weighted by molar-refractivity contribution is -0.143. The van der Waals surface area contributed by atoms with Crippen LogP contribution in [0.1, 0.15) is 32.1 Å². The Morgan fingerprint density at radius 2 is 2.26 bits per heavy atom. The molecule has 1 heterocycles. The van der Waals surface area contributed by atoms with Crippen LogP contribution in [0.5, 0.6) is 0 Å². The third-order valence-electron chi connectivity index (χ3n) is 3.19. The number of nitrogens with two attached hydrogens (primary N) is 1. The van der Waals surface area contributed by atoms with Gasteiger partial charge in [-0.15, -0.1) is 0 Å². The summed E-state index contributed by atoms with van der Waals surface area (Å²) in [5.41, 5.74) is 8.18. The molecule has 0 fully saturated rings. The van der Waals surface area contributed by atoms with Gasteiger partial charge in [0.05, 0.1) is 18.1 Å². The predicted molar refractivity (Wildman–Crippen MR) is 74.9 cm³/mol. The number of aromatic nitrogens is 2. The number of carbonyl (C=O) groups excluding carboxylic acids is 1. The van der Waals surface area contributed by atoms with Crippen LogP contribution in [0.3, 0.4) is 0 Å². The van der Waals surface area contributed by atoms with Gasteiger partial charge in [0.1, 0.15) is 11.9 Å². The number of hydrogen-bond acceptors (Lipinski definition) is 4. The van der Waals surface area contributed by atoms with E-state index in [1.807, 2.05) is 29.7 Å². The molecule has 1 aromatic heterocycles. The Balaban J connectivity index is 2.61. The molecule has 0 saturated heterocycles. The van der Waals surface area contributed by atoms with Crippen LogP contribution in [-0.4, -0.2) is 22.6 Å². The minimum atomic E-state index is -0.389.